The van der Waals surface area contributed by atoms with Crippen molar-refractivity contribution in [3.63, 3.8) is 0 Å². The summed E-state index contributed by atoms with van der Waals surface area (Å²) in [5.41, 5.74) is 10.7. The minimum absolute atomic E-state index is 0.641. The number of benzene rings is 1. The molecule has 1 aromatic carbocycles. The van der Waals surface area contributed by atoms with Gasteiger partial charge in [-0.25, -0.2) is 0 Å². The Morgan fingerprint density at radius 1 is 1.29 bits per heavy atom. The fourth-order valence-electron chi connectivity index (χ4n) is 3.15. The van der Waals surface area contributed by atoms with Gasteiger partial charge < -0.3 is 10.5 Å². The summed E-state index contributed by atoms with van der Waals surface area (Å²) in [4.78, 5) is 0. The van der Waals surface area contributed by atoms with Crippen LogP contribution < -0.4 is 10.5 Å². The molecule has 0 aliphatic heterocycles. The Kier molecular flexibility index (Phi) is 3.81. The summed E-state index contributed by atoms with van der Waals surface area (Å²) < 4.78 is 7.26. The smallest absolute Gasteiger partial charge is 0.145 e. The Balaban J connectivity index is 2.30. The van der Waals surface area contributed by atoms with Gasteiger partial charge in [-0.2, -0.15) is 5.10 Å². The molecule has 0 fully saturated rings. The van der Waals surface area contributed by atoms with Gasteiger partial charge in [-0.1, -0.05) is 18.0 Å². The van der Waals surface area contributed by atoms with E-state index in [0.29, 0.717) is 16.6 Å². The van der Waals surface area contributed by atoms with Crippen molar-refractivity contribution in [2.24, 2.45) is 7.05 Å². The fourth-order valence-corrected chi connectivity index (χ4v) is 3.45. The van der Waals surface area contributed by atoms with Gasteiger partial charge in [0.2, 0.25) is 0 Å². The monoisotopic (exact) mass is 305 g/mol. The van der Waals surface area contributed by atoms with Crippen LogP contribution in [0.1, 0.15) is 30.4 Å². The summed E-state index contributed by atoms with van der Waals surface area (Å²) in [6, 6.07) is 2.05. The summed E-state index contributed by atoms with van der Waals surface area (Å²) in [7, 11) is 3.49. The molecule has 5 heteroatoms. The van der Waals surface area contributed by atoms with E-state index in [1.54, 1.807) is 18.0 Å². The number of nitrogen functional groups attached to an aromatic ring is 1. The minimum Gasteiger partial charge on any atom is -0.495 e. The van der Waals surface area contributed by atoms with E-state index in [0.717, 1.165) is 24.0 Å². The van der Waals surface area contributed by atoms with E-state index in [1.165, 1.54) is 30.4 Å². The largest absolute Gasteiger partial charge is 0.495 e. The first kappa shape index (κ1) is 14.3. The predicted molar refractivity (Wildman–Crippen MR) is 85.9 cm³/mol. The molecule has 1 aliphatic carbocycles. The van der Waals surface area contributed by atoms with E-state index in [1.807, 2.05) is 7.05 Å². The van der Waals surface area contributed by atoms with Crippen molar-refractivity contribution in [3.8, 4) is 16.9 Å². The molecule has 112 valence electrons. The zero-order valence-electron chi connectivity index (χ0n) is 12.4. The first-order chi connectivity index (χ1) is 10.1. The van der Waals surface area contributed by atoms with Crippen molar-refractivity contribution in [2.75, 3.05) is 12.8 Å². The number of ether oxygens (including phenoxy) is 1. The number of hydrogen-bond acceptors (Lipinski definition) is 3. The minimum atomic E-state index is 0.641. The first-order valence-corrected chi connectivity index (χ1v) is 7.67. The van der Waals surface area contributed by atoms with E-state index in [4.69, 9.17) is 22.1 Å². The zero-order valence-corrected chi connectivity index (χ0v) is 13.2. The lowest BCUT2D eigenvalue weighted by Crippen LogP contribution is -2.02. The quantitative estimate of drug-likeness (QED) is 0.863. The molecule has 1 heterocycles. The number of nitrogens with two attached hydrogens (primary N) is 1. The number of aryl methyl sites for hydroxylation is 2. The number of halogens is 1. The Hall–Kier alpha value is -1.68. The van der Waals surface area contributed by atoms with Crippen LogP contribution in [-0.2, 0) is 19.9 Å². The predicted octanol–water partition coefficient (Wildman–Crippen LogP) is 3.60. The fraction of sp³-hybridized carbons (Fsp3) is 0.438. The highest BCUT2D eigenvalue weighted by Gasteiger charge is 2.23. The molecule has 1 aromatic heterocycles. The van der Waals surface area contributed by atoms with Crippen LogP contribution in [0.4, 0.5) is 5.82 Å². The second-order valence-electron chi connectivity index (χ2n) is 5.53. The van der Waals surface area contributed by atoms with Gasteiger partial charge in [0, 0.05) is 18.2 Å². The van der Waals surface area contributed by atoms with Crippen molar-refractivity contribution >= 4 is 17.4 Å². The van der Waals surface area contributed by atoms with Crippen molar-refractivity contribution in [3.05, 3.63) is 28.4 Å². The van der Waals surface area contributed by atoms with Crippen LogP contribution >= 0.6 is 11.6 Å². The van der Waals surface area contributed by atoms with E-state index in [-0.39, 0.29) is 0 Å². The number of aromatic nitrogens is 2. The molecule has 2 aromatic rings. The van der Waals surface area contributed by atoms with Gasteiger partial charge in [-0.15, -0.1) is 0 Å². The molecule has 21 heavy (non-hydrogen) atoms. The standard InChI is InChI=1S/C16H20ClN3O/c1-20-16(18)12(9-19-20)14-11-7-5-3-4-6-10(11)8-13(17)15(14)21-2/h8-9H,3-7,18H2,1-2H3. The SMILES string of the molecule is COc1c(Cl)cc2c(c1-c1cnn(C)c1N)CCCCC2. The van der Waals surface area contributed by atoms with Gasteiger partial charge in [0.05, 0.1) is 18.3 Å². The maximum Gasteiger partial charge on any atom is 0.145 e. The van der Waals surface area contributed by atoms with E-state index >= 15 is 0 Å². The van der Waals surface area contributed by atoms with Gasteiger partial charge in [-0.3, -0.25) is 4.68 Å². The zero-order chi connectivity index (χ0) is 15.0. The van der Waals surface area contributed by atoms with Crippen LogP contribution in [0.5, 0.6) is 5.75 Å². The Bertz CT molecular complexity index is 679. The Labute approximate surface area is 129 Å². The topological polar surface area (TPSA) is 53.1 Å². The van der Waals surface area contributed by atoms with Crippen LogP contribution in [0.3, 0.4) is 0 Å². The third-order valence-corrected chi connectivity index (χ3v) is 4.55. The number of methoxy groups -OCH3 is 1. The number of hydrogen-bond donors (Lipinski definition) is 1. The lowest BCUT2D eigenvalue weighted by Gasteiger charge is -2.18. The molecule has 0 bridgehead atoms. The van der Waals surface area contributed by atoms with Gasteiger partial charge in [0.1, 0.15) is 11.6 Å². The summed E-state index contributed by atoms with van der Waals surface area (Å²) in [5, 5.41) is 4.91. The summed E-state index contributed by atoms with van der Waals surface area (Å²) in [6.07, 6.45) is 7.53. The van der Waals surface area contributed by atoms with Crippen molar-refractivity contribution in [1.29, 1.82) is 0 Å². The highest BCUT2D eigenvalue weighted by atomic mass is 35.5. The highest BCUT2D eigenvalue weighted by molar-refractivity contribution is 6.32. The van der Waals surface area contributed by atoms with Crippen LogP contribution in [0.15, 0.2) is 12.3 Å². The van der Waals surface area contributed by atoms with Gasteiger partial charge >= 0.3 is 0 Å². The average molecular weight is 306 g/mol. The molecule has 0 unspecified atom stereocenters. The molecule has 0 saturated heterocycles. The van der Waals surface area contributed by atoms with Crippen molar-refractivity contribution < 1.29 is 4.74 Å². The summed E-state index contributed by atoms with van der Waals surface area (Å²) in [6.45, 7) is 0. The molecular formula is C16H20ClN3O. The van der Waals surface area contributed by atoms with Crippen LogP contribution in [0, 0.1) is 0 Å². The van der Waals surface area contributed by atoms with E-state index in [2.05, 4.69) is 11.2 Å². The first-order valence-electron chi connectivity index (χ1n) is 7.29. The lowest BCUT2D eigenvalue weighted by molar-refractivity contribution is 0.416. The molecule has 0 radical (unpaired) electrons. The third kappa shape index (κ3) is 2.38. The molecule has 2 N–H and O–H groups in total. The maximum absolute atomic E-state index is 6.44. The molecule has 0 amide bonds. The van der Waals surface area contributed by atoms with Gasteiger partial charge in [0.15, 0.2) is 0 Å². The molecule has 1 aliphatic rings. The Morgan fingerprint density at radius 2 is 2.05 bits per heavy atom. The van der Waals surface area contributed by atoms with Gasteiger partial charge in [-0.05, 0) is 42.9 Å². The van der Waals surface area contributed by atoms with Crippen molar-refractivity contribution in [1.82, 2.24) is 9.78 Å². The second-order valence-corrected chi connectivity index (χ2v) is 5.94. The summed E-state index contributed by atoms with van der Waals surface area (Å²) in [5.74, 6) is 1.35. The molecule has 0 saturated carbocycles. The maximum atomic E-state index is 6.44. The lowest BCUT2D eigenvalue weighted by atomic mass is 9.92. The normalized spacial score (nSPS) is 14.6. The average Bonchev–Trinajstić information content (AvgIpc) is 2.67. The Morgan fingerprint density at radius 3 is 2.71 bits per heavy atom. The van der Waals surface area contributed by atoms with E-state index < -0.39 is 0 Å². The number of rotatable bonds is 2. The van der Waals surface area contributed by atoms with Crippen molar-refractivity contribution in [2.45, 2.75) is 32.1 Å². The van der Waals surface area contributed by atoms with Crippen LogP contribution in [0.2, 0.25) is 5.02 Å². The number of fused-ring (bicyclic) bond motifs is 1. The van der Waals surface area contributed by atoms with E-state index in [9.17, 15) is 0 Å². The highest BCUT2D eigenvalue weighted by Crippen LogP contribution is 2.44. The van der Waals surface area contributed by atoms with Crippen LogP contribution in [-0.4, -0.2) is 16.9 Å². The third-order valence-electron chi connectivity index (χ3n) is 4.27. The number of nitrogens with zero attached hydrogens (tertiary/aromatic N) is 2. The molecular weight excluding hydrogens is 286 g/mol. The van der Waals surface area contributed by atoms with Crippen LogP contribution in [0.25, 0.3) is 11.1 Å². The molecule has 4 nitrogen and oxygen atoms in total. The van der Waals surface area contributed by atoms with Gasteiger partial charge in [0.25, 0.3) is 0 Å². The summed E-state index contributed by atoms with van der Waals surface area (Å²) >= 11 is 6.44. The molecule has 0 atom stereocenters. The molecule has 3 rings (SSSR count). The second kappa shape index (κ2) is 5.60. The number of anilines is 1. The molecule has 0 spiro atoms.